The van der Waals surface area contributed by atoms with Gasteiger partial charge in [0.05, 0.1) is 12.0 Å². The maximum Gasteiger partial charge on any atom is 0.225 e. The Morgan fingerprint density at radius 2 is 2.18 bits per heavy atom. The Morgan fingerprint density at radius 1 is 1.47 bits per heavy atom. The number of amides is 1. The molecule has 1 saturated carbocycles. The van der Waals surface area contributed by atoms with Crippen LogP contribution in [0.3, 0.4) is 0 Å². The van der Waals surface area contributed by atoms with E-state index in [2.05, 4.69) is 5.32 Å². The number of hydrogen-bond acceptors (Lipinski definition) is 2. The quantitative estimate of drug-likeness (QED) is 0.787. The molecule has 1 aliphatic heterocycles. The van der Waals surface area contributed by atoms with Crippen molar-refractivity contribution in [3.8, 4) is 0 Å². The summed E-state index contributed by atoms with van der Waals surface area (Å²) in [6, 6.07) is 0. The van der Waals surface area contributed by atoms with Gasteiger partial charge in [-0.1, -0.05) is 12.8 Å². The van der Waals surface area contributed by atoms with Gasteiger partial charge in [0.1, 0.15) is 0 Å². The molecule has 0 spiro atoms. The molecule has 2 atom stereocenters. The van der Waals surface area contributed by atoms with Crippen LogP contribution in [-0.2, 0) is 9.53 Å². The van der Waals surface area contributed by atoms with Crippen LogP contribution in [0.15, 0.2) is 0 Å². The molecule has 0 radical (unpaired) electrons. The molecular weight excluding hydrogens is 238 g/mol. The van der Waals surface area contributed by atoms with Crippen LogP contribution in [0.2, 0.25) is 0 Å². The molecule has 0 bridgehead atoms. The van der Waals surface area contributed by atoms with Gasteiger partial charge in [0, 0.05) is 24.4 Å². The monoisotopic (exact) mass is 259 g/mol. The van der Waals surface area contributed by atoms with Crippen molar-refractivity contribution in [3.63, 3.8) is 0 Å². The van der Waals surface area contributed by atoms with Crippen molar-refractivity contribution in [2.24, 2.45) is 11.3 Å². The molecule has 3 nitrogen and oxygen atoms in total. The van der Waals surface area contributed by atoms with Crippen molar-refractivity contribution in [1.29, 1.82) is 0 Å². The zero-order valence-corrected chi connectivity index (χ0v) is 11.3. The first kappa shape index (κ1) is 13.2. The highest BCUT2D eigenvalue weighted by Crippen LogP contribution is 2.38. The van der Waals surface area contributed by atoms with Gasteiger partial charge < -0.3 is 10.1 Å². The predicted octanol–water partition coefficient (Wildman–Crippen LogP) is 2.33. The van der Waals surface area contributed by atoms with Gasteiger partial charge in [0.15, 0.2) is 0 Å². The Kier molecular flexibility index (Phi) is 4.31. The first-order valence-corrected chi connectivity index (χ1v) is 7.16. The van der Waals surface area contributed by atoms with Crippen LogP contribution in [0.25, 0.3) is 0 Å². The van der Waals surface area contributed by atoms with E-state index >= 15 is 0 Å². The van der Waals surface area contributed by atoms with Gasteiger partial charge >= 0.3 is 0 Å². The third kappa shape index (κ3) is 2.94. The topological polar surface area (TPSA) is 38.3 Å². The first-order chi connectivity index (χ1) is 8.17. The third-order valence-corrected chi connectivity index (χ3v) is 4.87. The minimum absolute atomic E-state index is 0.0313. The minimum atomic E-state index is 0.0313. The van der Waals surface area contributed by atoms with E-state index in [-0.39, 0.29) is 23.3 Å². The Morgan fingerprint density at radius 3 is 2.71 bits per heavy atom. The average molecular weight is 260 g/mol. The smallest absolute Gasteiger partial charge is 0.225 e. The Bertz CT molecular complexity index is 277. The number of hydrogen-bond donors (Lipinski definition) is 1. The lowest BCUT2D eigenvalue weighted by molar-refractivity contribution is -0.126. The van der Waals surface area contributed by atoms with E-state index < -0.39 is 0 Å². The number of ether oxygens (including phenoxy) is 1. The number of nitrogens with one attached hydrogen (secondary N) is 1. The van der Waals surface area contributed by atoms with Crippen molar-refractivity contribution in [3.05, 3.63) is 0 Å². The van der Waals surface area contributed by atoms with E-state index in [1.54, 1.807) is 0 Å². The molecule has 2 unspecified atom stereocenters. The van der Waals surface area contributed by atoms with Crippen LogP contribution in [0.1, 0.15) is 39.0 Å². The lowest BCUT2D eigenvalue weighted by atomic mass is 9.88. The maximum absolute atomic E-state index is 12.0. The molecule has 1 heterocycles. The van der Waals surface area contributed by atoms with Gasteiger partial charge in [0.2, 0.25) is 5.91 Å². The predicted molar refractivity (Wildman–Crippen MR) is 68.2 cm³/mol. The lowest BCUT2D eigenvalue weighted by Crippen LogP contribution is -2.41. The fraction of sp³-hybridized carbons (Fsp3) is 0.923. The van der Waals surface area contributed by atoms with E-state index in [1.165, 1.54) is 12.8 Å². The third-order valence-electron chi connectivity index (χ3n) is 4.30. The summed E-state index contributed by atoms with van der Waals surface area (Å²) in [6.07, 6.45) is 5.68. The molecule has 2 aliphatic rings. The summed E-state index contributed by atoms with van der Waals surface area (Å²) in [5, 5.41) is 3.09. The summed E-state index contributed by atoms with van der Waals surface area (Å²) in [5.41, 5.74) is 0.153. The van der Waals surface area contributed by atoms with Crippen molar-refractivity contribution in [2.75, 3.05) is 19.0 Å². The Labute approximate surface area is 108 Å². The van der Waals surface area contributed by atoms with Crippen LogP contribution >= 0.6 is 11.6 Å². The van der Waals surface area contributed by atoms with Gasteiger partial charge in [-0.3, -0.25) is 4.79 Å². The molecule has 1 N–H and O–H groups in total. The Hall–Kier alpha value is -0.280. The van der Waals surface area contributed by atoms with Crippen LogP contribution in [0, 0.1) is 11.3 Å². The minimum Gasteiger partial charge on any atom is -0.378 e. The summed E-state index contributed by atoms with van der Waals surface area (Å²) in [4.78, 5) is 12.0. The molecule has 0 aromatic heterocycles. The Balaban J connectivity index is 1.82. The fourth-order valence-electron chi connectivity index (χ4n) is 2.96. The zero-order valence-electron chi connectivity index (χ0n) is 10.5. The van der Waals surface area contributed by atoms with E-state index in [0.717, 1.165) is 25.8 Å². The van der Waals surface area contributed by atoms with Crippen molar-refractivity contribution in [2.45, 2.75) is 45.1 Å². The summed E-state index contributed by atoms with van der Waals surface area (Å²) in [7, 11) is 0. The second-order valence-electron chi connectivity index (χ2n) is 5.53. The molecule has 17 heavy (non-hydrogen) atoms. The number of alkyl halides is 1. The molecular formula is C13H22ClNO2. The molecule has 2 rings (SSSR count). The number of rotatable bonds is 4. The highest BCUT2D eigenvalue weighted by Gasteiger charge is 2.35. The van der Waals surface area contributed by atoms with Crippen molar-refractivity contribution in [1.82, 2.24) is 5.32 Å². The molecule has 0 aromatic rings. The highest BCUT2D eigenvalue weighted by atomic mass is 35.5. The SMILES string of the molecule is CC1OCCC1C(=O)NCC1(CCl)CCCC1. The highest BCUT2D eigenvalue weighted by molar-refractivity contribution is 6.18. The van der Waals surface area contributed by atoms with Gasteiger partial charge in [-0.25, -0.2) is 0 Å². The van der Waals surface area contributed by atoms with E-state index in [1.807, 2.05) is 6.92 Å². The standard InChI is InChI=1S/C13H22ClNO2/c1-10-11(4-7-17-10)12(16)15-9-13(8-14)5-2-3-6-13/h10-11H,2-9H2,1H3,(H,15,16). The number of carbonyl (C=O) groups excluding carboxylic acids is 1. The number of carbonyl (C=O) groups is 1. The van der Waals surface area contributed by atoms with Crippen LogP contribution < -0.4 is 5.32 Å². The lowest BCUT2D eigenvalue weighted by Gasteiger charge is -2.27. The zero-order chi connectivity index (χ0) is 12.3. The van der Waals surface area contributed by atoms with Gasteiger partial charge in [-0.2, -0.15) is 0 Å². The van der Waals surface area contributed by atoms with Crippen molar-refractivity contribution < 1.29 is 9.53 Å². The van der Waals surface area contributed by atoms with Crippen molar-refractivity contribution >= 4 is 17.5 Å². The van der Waals surface area contributed by atoms with Crippen LogP contribution in [0.5, 0.6) is 0 Å². The molecule has 4 heteroatoms. The van der Waals surface area contributed by atoms with E-state index in [9.17, 15) is 4.79 Å². The average Bonchev–Trinajstić information content (AvgIpc) is 2.95. The summed E-state index contributed by atoms with van der Waals surface area (Å²) < 4.78 is 5.42. The molecule has 1 aliphatic carbocycles. The molecule has 1 saturated heterocycles. The summed E-state index contributed by atoms with van der Waals surface area (Å²) in [6.45, 7) is 3.42. The van der Waals surface area contributed by atoms with Crippen LogP contribution in [0.4, 0.5) is 0 Å². The van der Waals surface area contributed by atoms with Gasteiger partial charge in [0.25, 0.3) is 0 Å². The summed E-state index contributed by atoms with van der Waals surface area (Å²) >= 11 is 6.06. The van der Waals surface area contributed by atoms with E-state index in [0.29, 0.717) is 12.5 Å². The molecule has 98 valence electrons. The van der Waals surface area contributed by atoms with Gasteiger partial charge in [-0.15, -0.1) is 11.6 Å². The van der Waals surface area contributed by atoms with Gasteiger partial charge in [-0.05, 0) is 26.2 Å². The molecule has 2 fully saturated rings. The second-order valence-corrected chi connectivity index (χ2v) is 5.80. The largest absolute Gasteiger partial charge is 0.378 e. The molecule has 0 aromatic carbocycles. The fourth-order valence-corrected chi connectivity index (χ4v) is 3.33. The van der Waals surface area contributed by atoms with E-state index in [4.69, 9.17) is 16.3 Å². The first-order valence-electron chi connectivity index (χ1n) is 6.62. The number of halogens is 1. The molecule has 1 amide bonds. The maximum atomic E-state index is 12.0. The van der Waals surface area contributed by atoms with Crippen LogP contribution in [-0.4, -0.2) is 31.0 Å². The summed E-state index contributed by atoms with van der Waals surface area (Å²) in [5.74, 6) is 0.833. The second kappa shape index (κ2) is 5.57. The normalized spacial score (nSPS) is 31.6.